The molecule has 0 bridgehead atoms. The van der Waals surface area contributed by atoms with Gasteiger partial charge in [-0.1, -0.05) is 25.3 Å². The van der Waals surface area contributed by atoms with Crippen LogP contribution in [0.5, 0.6) is 0 Å². The van der Waals surface area contributed by atoms with Gasteiger partial charge in [-0.3, -0.25) is 0 Å². The molecule has 55 valence electrons. The lowest BCUT2D eigenvalue weighted by Crippen LogP contribution is -2.18. The second-order valence-corrected chi connectivity index (χ2v) is 3.73. The van der Waals surface area contributed by atoms with Gasteiger partial charge < -0.3 is 0 Å². The zero-order valence-electron chi connectivity index (χ0n) is 6.53. The second kappa shape index (κ2) is 2.41. The molecule has 1 fully saturated rings. The van der Waals surface area contributed by atoms with Crippen LogP contribution in [0.25, 0.3) is 0 Å². The molecule has 2 aliphatic carbocycles. The molecule has 0 saturated heterocycles. The first kappa shape index (κ1) is 6.45. The predicted molar refractivity (Wildman–Crippen MR) is 42.6 cm³/mol. The standard InChI is InChI=1S/C10H15/c1-2-6-10(7-3-1)8-4-5-9-10/h4H,1-3,5-7,9H2. The van der Waals surface area contributed by atoms with Crippen molar-refractivity contribution in [2.45, 2.75) is 44.9 Å². The third-order valence-corrected chi connectivity index (χ3v) is 2.99. The van der Waals surface area contributed by atoms with E-state index < -0.39 is 0 Å². The minimum Gasteiger partial charge on any atom is -0.0804 e. The molecule has 2 aliphatic rings. The molecule has 0 aromatic rings. The van der Waals surface area contributed by atoms with Crippen LogP contribution in [0, 0.1) is 11.5 Å². The minimum atomic E-state index is 0.568. The fraction of sp³-hybridized carbons (Fsp3) is 0.800. The summed E-state index contributed by atoms with van der Waals surface area (Å²) in [5, 5.41) is 0. The van der Waals surface area contributed by atoms with E-state index >= 15 is 0 Å². The van der Waals surface area contributed by atoms with Crippen molar-refractivity contribution in [2.24, 2.45) is 5.41 Å². The highest BCUT2D eigenvalue weighted by molar-refractivity contribution is 5.01. The third-order valence-electron chi connectivity index (χ3n) is 2.99. The van der Waals surface area contributed by atoms with Crippen molar-refractivity contribution in [1.82, 2.24) is 0 Å². The zero-order valence-corrected chi connectivity index (χ0v) is 6.53. The maximum Gasteiger partial charge on any atom is -0.00444 e. The van der Waals surface area contributed by atoms with Crippen molar-refractivity contribution in [3.05, 3.63) is 12.2 Å². The topological polar surface area (TPSA) is 0 Å². The summed E-state index contributed by atoms with van der Waals surface area (Å²) in [5.74, 6) is 0. The summed E-state index contributed by atoms with van der Waals surface area (Å²) in [6.07, 6.45) is 15.7. The Morgan fingerprint density at radius 3 is 2.40 bits per heavy atom. The number of rotatable bonds is 0. The molecular formula is C10H15. The maximum absolute atomic E-state index is 3.55. The van der Waals surface area contributed by atoms with Crippen LogP contribution < -0.4 is 0 Å². The van der Waals surface area contributed by atoms with Crippen molar-refractivity contribution >= 4 is 0 Å². The van der Waals surface area contributed by atoms with Crippen LogP contribution in [0.2, 0.25) is 0 Å². The van der Waals surface area contributed by atoms with Gasteiger partial charge in [-0.05, 0) is 37.2 Å². The number of hydrogen-bond donors (Lipinski definition) is 0. The first-order chi connectivity index (χ1) is 4.91. The van der Waals surface area contributed by atoms with Gasteiger partial charge in [0, 0.05) is 0 Å². The zero-order chi connectivity index (χ0) is 6.86. The van der Waals surface area contributed by atoms with Gasteiger partial charge in [0.05, 0.1) is 0 Å². The maximum atomic E-state index is 3.55. The van der Waals surface area contributed by atoms with Crippen LogP contribution in [0.15, 0.2) is 6.08 Å². The molecule has 0 nitrogen and oxygen atoms in total. The molecule has 1 spiro atoms. The van der Waals surface area contributed by atoms with Crippen LogP contribution in [0.1, 0.15) is 44.9 Å². The van der Waals surface area contributed by atoms with Crippen molar-refractivity contribution < 1.29 is 0 Å². The molecule has 1 radical (unpaired) electrons. The predicted octanol–water partition coefficient (Wildman–Crippen LogP) is 3.09. The lowest BCUT2D eigenvalue weighted by molar-refractivity contribution is 0.245. The van der Waals surface area contributed by atoms with Gasteiger partial charge >= 0.3 is 0 Å². The van der Waals surface area contributed by atoms with E-state index in [-0.39, 0.29) is 0 Å². The van der Waals surface area contributed by atoms with Crippen molar-refractivity contribution in [3.8, 4) is 0 Å². The average Bonchev–Trinajstić information content (AvgIpc) is 2.39. The van der Waals surface area contributed by atoms with Gasteiger partial charge in [0.25, 0.3) is 0 Å². The SMILES string of the molecule is [C]1=CCCC12CCCCC2. The van der Waals surface area contributed by atoms with Gasteiger partial charge in [-0.25, -0.2) is 0 Å². The highest BCUT2D eigenvalue weighted by Crippen LogP contribution is 2.43. The molecule has 10 heavy (non-hydrogen) atoms. The van der Waals surface area contributed by atoms with E-state index in [1.807, 2.05) is 0 Å². The Balaban J connectivity index is 2.05. The molecule has 0 heteroatoms. The van der Waals surface area contributed by atoms with Crippen LogP contribution in [0.4, 0.5) is 0 Å². The van der Waals surface area contributed by atoms with Gasteiger partial charge in [-0.2, -0.15) is 0 Å². The quantitative estimate of drug-likeness (QED) is 0.479. The van der Waals surface area contributed by atoms with E-state index in [9.17, 15) is 0 Å². The van der Waals surface area contributed by atoms with E-state index in [0.29, 0.717) is 5.41 Å². The second-order valence-electron chi connectivity index (χ2n) is 3.73. The highest BCUT2D eigenvalue weighted by Gasteiger charge is 2.31. The van der Waals surface area contributed by atoms with E-state index in [4.69, 9.17) is 0 Å². The highest BCUT2D eigenvalue weighted by atomic mass is 14.4. The fourth-order valence-corrected chi connectivity index (χ4v) is 2.33. The Labute approximate surface area is 63.3 Å². The van der Waals surface area contributed by atoms with Crippen LogP contribution in [-0.2, 0) is 0 Å². The summed E-state index contributed by atoms with van der Waals surface area (Å²) in [7, 11) is 0. The molecule has 0 aromatic heterocycles. The molecule has 0 aromatic carbocycles. The van der Waals surface area contributed by atoms with Gasteiger partial charge in [0.2, 0.25) is 0 Å². The largest absolute Gasteiger partial charge is 0.0804 e. The molecule has 1 saturated carbocycles. The van der Waals surface area contributed by atoms with E-state index in [2.05, 4.69) is 12.2 Å². The Morgan fingerprint density at radius 2 is 1.80 bits per heavy atom. The molecule has 0 N–H and O–H groups in total. The van der Waals surface area contributed by atoms with Crippen LogP contribution in [-0.4, -0.2) is 0 Å². The number of allylic oxidation sites excluding steroid dienone is 2. The first-order valence-electron chi connectivity index (χ1n) is 4.51. The third kappa shape index (κ3) is 1.00. The Bertz CT molecular complexity index is 138. The lowest BCUT2D eigenvalue weighted by Gasteiger charge is -2.30. The van der Waals surface area contributed by atoms with Gasteiger partial charge in [-0.15, -0.1) is 0 Å². The minimum absolute atomic E-state index is 0.568. The summed E-state index contributed by atoms with van der Waals surface area (Å²) < 4.78 is 0. The summed E-state index contributed by atoms with van der Waals surface area (Å²) in [6.45, 7) is 0. The lowest BCUT2D eigenvalue weighted by atomic mass is 9.74. The average molecular weight is 135 g/mol. The Morgan fingerprint density at radius 1 is 1.00 bits per heavy atom. The van der Waals surface area contributed by atoms with Gasteiger partial charge in [0.15, 0.2) is 0 Å². The van der Waals surface area contributed by atoms with Crippen molar-refractivity contribution in [3.63, 3.8) is 0 Å². The molecular weight excluding hydrogens is 120 g/mol. The number of hydrogen-bond acceptors (Lipinski definition) is 0. The Hall–Kier alpha value is -0.260. The molecule has 0 atom stereocenters. The van der Waals surface area contributed by atoms with Crippen molar-refractivity contribution in [2.75, 3.05) is 0 Å². The smallest absolute Gasteiger partial charge is 0.00444 e. The fourth-order valence-electron chi connectivity index (χ4n) is 2.33. The van der Waals surface area contributed by atoms with E-state index in [1.54, 1.807) is 0 Å². The van der Waals surface area contributed by atoms with E-state index in [0.717, 1.165) is 0 Å². The molecule has 0 aliphatic heterocycles. The molecule has 0 unspecified atom stereocenters. The molecule has 2 rings (SSSR count). The van der Waals surface area contributed by atoms with Gasteiger partial charge in [0.1, 0.15) is 0 Å². The summed E-state index contributed by atoms with van der Waals surface area (Å²) in [6, 6.07) is 0. The first-order valence-corrected chi connectivity index (χ1v) is 4.51. The summed E-state index contributed by atoms with van der Waals surface area (Å²) >= 11 is 0. The normalized spacial score (nSPS) is 29.6. The molecule has 0 amide bonds. The monoisotopic (exact) mass is 135 g/mol. The summed E-state index contributed by atoms with van der Waals surface area (Å²) in [4.78, 5) is 0. The summed E-state index contributed by atoms with van der Waals surface area (Å²) in [5.41, 5.74) is 0.568. The van der Waals surface area contributed by atoms with E-state index in [1.165, 1.54) is 44.9 Å². The van der Waals surface area contributed by atoms with Crippen LogP contribution in [0.3, 0.4) is 0 Å². The Kier molecular flexibility index (Phi) is 1.55. The van der Waals surface area contributed by atoms with Crippen LogP contribution >= 0.6 is 0 Å². The molecule has 0 heterocycles. The van der Waals surface area contributed by atoms with Crippen molar-refractivity contribution in [1.29, 1.82) is 0 Å².